The maximum atomic E-state index is 12.4. The summed E-state index contributed by atoms with van der Waals surface area (Å²) in [5.41, 5.74) is 11.1. The summed E-state index contributed by atoms with van der Waals surface area (Å²) in [7, 11) is -3.98. The summed E-state index contributed by atoms with van der Waals surface area (Å²) in [4.78, 5) is 12.3. The fourth-order valence-corrected chi connectivity index (χ4v) is 3.73. The Morgan fingerprint density at radius 1 is 1.03 bits per heavy atom. The predicted octanol–water partition coefficient (Wildman–Crippen LogP) is 2.73. The summed E-state index contributed by atoms with van der Waals surface area (Å²) in [5.74, 6) is -0.235. The summed E-state index contributed by atoms with van der Waals surface area (Å²) in [5, 5.41) is 5.44. The van der Waals surface area contributed by atoms with Gasteiger partial charge in [-0.15, -0.1) is 4.40 Å². The Labute approximate surface area is 193 Å². The topological polar surface area (TPSA) is 149 Å². The van der Waals surface area contributed by atoms with Crippen LogP contribution in [0.3, 0.4) is 0 Å². The molecule has 0 heterocycles. The summed E-state index contributed by atoms with van der Waals surface area (Å²) < 4.78 is 32.8. The number of ether oxygens (including phenoxy) is 1. The normalized spacial score (nSPS) is 10.8. The number of anilines is 1. The molecule has 0 aliphatic heterocycles. The van der Waals surface area contributed by atoms with Gasteiger partial charge >= 0.3 is 0 Å². The summed E-state index contributed by atoms with van der Waals surface area (Å²) in [6, 6.07) is 12.4. The molecule has 0 radical (unpaired) electrons. The predicted molar refractivity (Wildman–Crippen MR) is 129 cm³/mol. The number of carbonyl (C=O) groups excluding carboxylic acids is 1. The van der Waals surface area contributed by atoms with Crippen molar-refractivity contribution in [3.63, 3.8) is 0 Å². The molecule has 0 saturated carbocycles. The molecule has 2 rings (SSSR count). The number of nitrogens with zero attached hydrogens (tertiary/aromatic N) is 1. The maximum absolute atomic E-state index is 12.4. The Morgan fingerprint density at radius 3 is 2.28 bits per heavy atom. The van der Waals surface area contributed by atoms with E-state index in [-0.39, 0.29) is 15.9 Å². The van der Waals surface area contributed by atoms with Crippen LogP contribution in [-0.4, -0.2) is 32.0 Å². The van der Waals surface area contributed by atoms with Crippen LogP contribution in [0.5, 0.6) is 5.75 Å². The molecule has 9 nitrogen and oxygen atoms in total. The lowest BCUT2D eigenvalue weighted by atomic mass is 10.2. The van der Waals surface area contributed by atoms with Crippen molar-refractivity contribution in [3.8, 4) is 5.75 Å². The number of sulfonamides is 1. The van der Waals surface area contributed by atoms with Gasteiger partial charge < -0.3 is 21.5 Å². The van der Waals surface area contributed by atoms with Gasteiger partial charge in [0.05, 0.1) is 11.5 Å². The summed E-state index contributed by atoms with van der Waals surface area (Å²) >= 11 is 5.15. The van der Waals surface area contributed by atoms with E-state index < -0.39 is 16.0 Å². The van der Waals surface area contributed by atoms with Crippen molar-refractivity contribution in [2.24, 2.45) is 15.9 Å². The van der Waals surface area contributed by atoms with Crippen molar-refractivity contribution >= 4 is 44.9 Å². The Kier molecular flexibility index (Phi) is 9.41. The van der Waals surface area contributed by atoms with Gasteiger partial charge in [-0.2, -0.15) is 8.42 Å². The first-order valence-corrected chi connectivity index (χ1v) is 11.9. The molecule has 2 aromatic rings. The smallest absolute Gasteiger partial charge is 0.285 e. The molecule has 0 fully saturated rings. The average Bonchev–Trinajstić information content (AvgIpc) is 2.73. The average molecular weight is 478 g/mol. The first-order valence-electron chi connectivity index (χ1n) is 10.0. The van der Waals surface area contributed by atoms with Crippen LogP contribution in [0.2, 0.25) is 0 Å². The van der Waals surface area contributed by atoms with E-state index in [1.165, 1.54) is 37.1 Å². The largest absolute Gasteiger partial charge is 0.494 e. The van der Waals surface area contributed by atoms with Crippen molar-refractivity contribution in [2.45, 2.75) is 37.5 Å². The van der Waals surface area contributed by atoms with Crippen molar-refractivity contribution in [3.05, 3.63) is 54.1 Å². The van der Waals surface area contributed by atoms with Gasteiger partial charge in [-0.3, -0.25) is 10.1 Å². The quantitative estimate of drug-likeness (QED) is 0.177. The summed E-state index contributed by atoms with van der Waals surface area (Å²) in [6.45, 7) is 2.80. The van der Waals surface area contributed by atoms with Crippen LogP contribution >= 0.6 is 12.2 Å². The van der Waals surface area contributed by atoms with Gasteiger partial charge in [-0.05, 0) is 67.2 Å². The van der Waals surface area contributed by atoms with Crippen molar-refractivity contribution in [1.82, 2.24) is 5.32 Å². The Morgan fingerprint density at radius 2 is 1.69 bits per heavy atom. The fraction of sp³-hybridized carbons (Fsp3) is 0.286. The highest BCUT2D eigenvalue weighted by Crippen LogP contribution is 2.16. The van der Waals surface area contributed by atoms with Gasteiger partial charge in [0.25, 0.3) is 15.9 Å². The SMILES string of the molecule is CCCCCCOc1ccc(C(=O)NC(=S)Nc2ccc(S(=O)(=O)N=C(N)N)cc2)cc1. The molecule has 0 aliphatic rings. The van der Waals surface area contributed by atoms with Gasteiger partial charge in [-0.25, -0.2) is 0 Å². The number of unbranched alkanes of at least 4 members (excludes halogenated alkanes) is 3. The van der Waals surface area contributed by atoms with E-state index in [1.54, 1.807) is 24.3 Å². The first kappa shape index (κ1) is 25.1. The van der Waals surface area contributed by atoms with Crippen LogP contribution < -0.4 is 26.8 Å². The number of carbonyl (C=O) groups is 1. The van der Waals surface area contributed by atoms with Crippen molar-refractivity contribution < 1.29 is 17.9 Å². The van der Waals surface area contributed by atoms with E-state index >= 15 is 0 Å². The molecule has 0 unspecified atom stereocenters. The second kappa shape index (κ2) is 12.0. The number of amides is 1. The molecular weight excluding hydrogens is 450 g/mol. The Balaban J connectivity index is 1.87. The molecule has 11 heteroatoms. The highest BCUT2D eigenvalue weighted by molar-refractivity contribution is 7.90. The number of hydrogen-bond donors (Lipinski definition) is 4. The molecule has 32 heavy (non-hydrogen) atoms. The number of hydrogen-bond acceptors (Lipinski definition) is 5. The van der Waals surface area contributed by atoms with E-state index in [0.717, 1.165) is 12.8 Å². The van der Waals surface area contributed by atoms with Crippen LogP contribution in [0.4, 0.5) is 5.69 Å². The Bertz CT molecular complexity index is 1050. The van der Waals surface area contributed by atoms with Crippen LogP contribution in [0.1, 0.15) is 43.0 Å². The van der Waals surface area contributed by atoms with Crippen LogP contribution in [0.25, 0.3) is 0 Å². The lowest BCUT2D eigenvalue weighted by Crippen LogP contribution is -2.34. The third-order valence-corrected chi connectivity index (χ3v) is 5.77. The lowest BCUT2D eigenvalue weighted by molar-refractivity contribution is 0.0977. The molecule has 0 bridgehead atoms. The Hall–Kier alpha value is -3.18. The van der Waals surface area contributed by atoms with E-state index in [9.17, 15) is 13.2 Å². The van der Waals surface area contributed by atoms with Crippen LogP contribution in [0.15, 0.2) is 57.8 Å². The second-order valence-corrected chi connectivity index (χ2v) is 8.87. The second-order valence-electron chi connectivity index (χ2n) is 6.86. The van der Waals surface area contributed by atoms with Crippen LogP contribution in [-0.2, 0) is 10.0 Å². The fourth-order valence-electron chi connectivity index (χ4n) is 2.66. The minimum Gasteiger partial charge on any atom is -0.494 e. The minimum atomic E-state index is -3.98. The zero-order valence-corrected chi connectivity index (χ0v) is 19.3. The molecule has 0 aromatic heterocycles. The molecule has 6 N–H and O–H groups in total. The van der Waals surface area contributed by atoms with E-state index in [0.29, 0.717) is 23.6 Å². The number of nitrogens with one attached hydrogen (secondary N) is 2. The van der Waals surface area contributed by atoms with Crippen molar-refractivity contribution in [1.29, 1.82) is 0 Å². The van der Waals surface area contributed by atoms with Crippen LogP contribution in [0, 0.1) is 0 Å². The van der Waals surface area contributed by atoms with E-state index in [2.05, 4.69) is 22.0 Å². The molecule has 2 aromatic carbocycles. The lowest BCUT2D eigenvalue weighted by Gasteiger charge is -2.11. The van der Waals surface area contributed by atoms with Gasteiger partial charge in [0, 0.05) is 11.3 Å². The number of benzene rings is 2. The molecule has 0 atom stereocenters. The first-order chi connectivity index (χ1) is 15.2. The van der Waals surface area contributed by atoms with E-state index in [1.807, 2.05) is 0 Å². The molecule has 0 aliphatic carbocycles. The third kappa shape index (κ3) is 8.16. The van der Waals surface area contributed by atoms with Gasteiger partial charge in [-0.1, -0.05) is 26.2 Å². The number of nitrogens with two attached hydrogens (primary N) is 2. The highest BCUT2D eigenvalue weighted by Gasteiger charge is 2.13. The molecular formula is C21H27N5O4S2. The molecule has 0 spiro atoms. The van der Waals surface area contributed by atoms with Gasteiger partial charge in [0.1, 0.15) is 5.75 Å². The molecule has 1 amide bonds. The molecule has 172 valence electrons. The van der Waals surface area contributed by atoms with E-state index in [4.69, 9.17) is 28.4 Å². The van der Waals surface area contributed by atoms with Gasteiger partial charge in [0.2, 0.25) is 5.96 Å². The zero-order valence-electron chi connectivity index (χ0n) is 17.7. The van der Waals surface area contributed by atoms with Gasteiger partial charge in [0.15, 0.2) is 5.11 Å². The third-order valence-electron chi connectivity index (χ3n) is 4.25. The monoisotopic (exact) mass is 477 g/mol. The number of rotatable bonds is 10. The standard InChI is InChI=1S/C21H27N5O4S2/c1-2-3-4-5-14-30-17-10-6-15(7-11-17)19(27)25-21(31)24-16-8-12-18(13-9-16)32(28,29)26-20(22)23/h6-13H,2-5,14H2,1H3,(H4,22,23,26)(H2,24,25,27,31). The maximum Gasteiger partial charge on any atom is 0.285 e. The molecule has 0 saturated heterocycles. The zero-order chi connectivity index (χ0) is 23.6. The summed E-state index contributed by atoms with van der Waals surface area (Å²) in [6.07, 6.45) is 4.50. The number of guanidine groups is 1. The van der Waals surface area contributed by atoms with Crippen molar-refractivity contribution in [2.75, 3.05) is 11.9 Å². The minimum absolute atomic E-state index is 0.0612. The number of thiocarbonyl (C=S) groups is 1. The highest BCUT2D eigenvalue weighted by atomic mass is 32.2.